The lowest BCUT2D eigenvalue weighted by molar-refractivity contribution is 0.537. The second-order valence-corrected chi connectivity index (χ2v) is 2.38. The summed E-state index contributed by atoms with van der Waals surface area (Å²) in [5, 5.41) is 0. The Labute approximate surface area is 72.8 Å². The fourth-order valence-corrected chi connectivity index (χ4v) is 1.01. The van der Waals surface area contributed by atoms with Gasteiger partial charge in [-0.15, -0.1) is 0 Å². The van der Waals surface area contributed by atoms with Gasteiger partial charge >= 0.3 is 0 Å². The van der Waals surface area contributed by atoms with Crippen molar-refractivity contribution in [3.05, 3.63) is 42.3 Å². The molecule has 1 aromatic heterocycles. The van der Waals surface area contributed by atoms with E-state index >= 15 is 0 Å². The number of hydrogen-bond donors (Lipinski definition) is 0. The van der Waals surface area contributed by atoms with Crippen molar-refractivity contribution < 1.29 is 13.2 Å². The Morgan fingerprint density at radius 2 is 1.92 bits per heavy atom. The van der Waals surface area contributed by atoms with Crippen LogP contribution in [0.4, 0.5) is 8.78 Å². The largest absolute Gasteiger partial charge is 0.433 e. The molecule has 1 heterocycles. The highest BCUT2D eigenvalue weighted by molar-refractivity contribution is 5.54. The molecule has 2 rings (SSSR count). The minimum Gasteiger partial charge on any atom is -0.433 e. The Balaban J connectivity index is 2.64. The zero-order valence-corrected chi connectivity index (χ0v) is 6.42. The molecule has 0 aliphatic heterocycles. The highest BCUT2D eigenvalue weighted by Gasteiger charge is 2.14. The summed E-state index contributed by atoms with van der Waals surface area (Å²) < 4.78 is 30.8. The van der Waals surface area contributed by atoms with Crippen LogP contribution in [-0.4, -0.2) is 4.98 Å². The Hall–Kier alpha value is -1.71. The van der Waals surface area contributed by atoms with E-state index in [1.807, 2.05) is 0 Å². The van der Waals surface area contributed by atoms with Crippen LogP contribution in [-0.2, 0) is 0 Å². The van der Waals surface area contributed by atoms with Gasteiger partial charge in [0.05, 0.1) is 6.20 Å². The molecule has 13 heavy (non-hydrogen) atoms. The van der Waals surface area contributed by atoms with Gasteiger partial charge < -0.3 is 4.42 Å². The third-order valence-corrected chi connectivity index (χ3v) is 1.57. The van der Waals surface area contributed by atoms with Crippen LogP contribution in [0.15, 0.2) is 28.8 Å². The minimum absolute atomic E-state index is 0.101. The molecule has 0 spiro atoms. The number of hydrogen-bond acceptors (Lipinski definition) is 2. The lowest BCUT2D eigenvalue weighted by atomic mass is 10.2. The molecule has 2 nitrogen and oxygen atoms in total. The normalized spacial score (nSPS) is 10.3. The second-order valence-electron chi connectivity index (χ2n) is 2.38. The van der Waals surface area contributed by atoms with Gasteiger partial charge in [-0.2, -0.15) is 0 Å². The summed E-state index contributed by atoms with van der Waals surface area (Å²) in [6.45, 7) is 0. The molecule has 0 unspecified atom stereocenters. The summed E-state index contributed by atoms with van der Waals surface area (Å²) in [6.07, 6.45) is 3.47. The van der Waals surface area contributed by atoms with Gasteiger partial charge in [-0.05, 0) is 12.1 Å². The quantitative estimate of drug-likeness (QED) is 0.673. The van der Waals surface area contributed by atoms with E-state index in [0.717, 1.165) is 12.1 Å². The summed E-state index contributed by atoms with van der Waals surface area (Å²) in [4.78, 5) is 3.61. The SMILES string of the molecule is Fc1cccc(F)c1-c1nc[c]o1. The molecule has 0 bridgehead atoms. The zero-order valence-electron chi connectivity index (χ0n) is 6.42. The van der Waals surface area contributed by atoms with Gasteiger partial charge in [0, 0.05) is 0 Å². The first-order chi connectivity index (χ1) is 6.29. The molecule has 65 valence electrons. The first-order valence-corrected chi connectivity index (χ1v) is 3.55. The predicted octanol–water partition coefficient (Wildman–Crippen LogP) is 2.42. The first kappa shape index (κ1) is 7.91. The molecule has 0 saturated carbocycles. The maximum atomic E-state index is 13.1. The number of halogens is 2. The lowest BCUT2D eigenvalue weighted by Crippen LogP contribution is -1.88. The molecule has 1 radical (unpaired) electrons. The van der Waals surface area contributed by atoms with Gasteiger partial charge in [0.2, 0.25) is 5.89 Å². The van der Waals surface area contributed by atoms with Crippen molar-refractivity contribution in [2.45, 2.75) is 0 Å². The Morgan fingerprint density at radius 1 is 1.23 bits per heavy atom. The van der Waals surface area contributed by atoms with Gasteiger partial charge in [0.1, 0.15) is 17.2 Å². The van der Waals surface area contributed by atoms with Crippen molar-refractivity contribution in [3.8, 4) is 11.5 Å². The van der Waals surface area contributed by atoms with Crippen LogP contribution in [0.25, 0.3) is 11.5 Å². The van der Waals surface area contributed by atoms with Crippen LogP contribution in [0.3, 0.4) is 0 Å². The molecule has 2 aromatic rings. The van der Waals surface area contributed by atoms with E-state index in [2.05, 4.69) is 15.7 Å². The number of oxazole rings is 1. The van der Waals surface area contributed by atoms with Crippen LogP contribution >= 0.6 is 0 Å². The zero-order chi connectivity index (χ0) is 9.26. The number of aromatic nitrogens is 1. The maximum Gasteiger partial charge on any atom is 0.232 e. The number of nitrogens with zero attached hydrogens (tertiary/aromatic N) is 1. The van der Waals surface area contributed by atoms with Crippen molar-refractivity contribution in [1.82, 2.24) is 4.98 Å². The van der Waals surface area contributed by atoms with E-state index in [4.69, 9.17) is 0 Å². The van der Waals surface area contributed by atoms with E-state index in [9.17, 15) is 8.78 Å². The van der Waals surface area contributed by atoms with Crippen LogP contribution in [0.2, 0.25) is 0 Å². The molecule has 0 atom stereocenters. The molecule has 0 aliphatic carbocycles. The molecule has 1 aromatic carbocycles. The summed E-state index contributed by atoms with van der Waals surface area (Å²) in [5.74, 6) is -1.50. The van der Waals surface area contributed by atoms with Crippen molar-refractivity contribution in [2.75, 3.05) is 0 Å². The summed E-state index contributed by atoms with van der Waals surface area (Å²) >= 11 is 0. The van der Waals surface area contributed by atoms with Crippen LogP contribution < -0.4 is 0 Å². The minimum atomic E-state index is -0.698. The van der Waals surface area contributed by atoms with E-state index in [1.54, 1.807) is 0 Å². The topological polar surface area (TPSA) is 26.0 Å². The van der Waals surface area contributed by atoms with Crippen molar-refractivity contribution in [2.24, 2.45) is 0 Å². The van der Waals surface area contributed by atoms with Gasteiger partial charge in [-0.3, -0.25) is 0 Å². The molecule has 0 fully saturated rings. The Bertz CT molecular complexity index is 391. The fourth-order valence-electron chi connectivity index (χ4n) is 1.01. The third-order valence-electron chi connectivity index (χ3n) is 1.57. The average molecular weight is 180 g/mol. The standard InChI is InChI=1S/C9H4F2NO/c10-6-2-1-3-7(11)8(6)9-12-4-5-13-9/h1-4H. The number of rotatable bonds is 1. The van der Waals surface area contributed by atoms with E-state index < -0.39 is 11.6 Å². The summed E-state index contributed by atoms with van der Waals surface area (Å²) in [5.41, 5.74) is -0.260. The molecular weight excluding hydrogens is 176 g/mol. The molecule has 0 saturated heterocycles. The van der Waals surface area contributed by atoms with Crippen LogP contribution in [0, 0.1) is 17.9 Å². The smallest absolute Gasteiger partial charge is 0.232 e. The van der Waals surface area contributed by atoms with Crippen LogP contribution in [0.1, 0.15) is 0 Å². The van der Waals surface area contributed by atoms with Gasteiger partial charge in [0.25, 0.3) is 0 Å². The van der Waals surface area contributed by atoms with Gasteiger partial charge in [-0.25, -0.2) is 13.8 Å². The fraction of sp³-hybridized carbons (Fsp3) is 0. The monoisotopic (exact) mass is 180 g/mol. The number of benzene rings is 1. The van der Waals surface area contributed by atoms with E-state index in [-0.39, 0.29) is 11.5 Å². The average Bonchev–Trinajstić information content (AvgIpc) is 2.57. The molecule has 0 amide bonds. The molecular formula is C9H4F2NO. The lowest BCUT2D eigenvalue weighted by Gasteiger charge is -1.98. The highest BCUT2D eigenvalue weighted by atomic mass is 19.1. The Morgan fingerprint density at radius 3 is 2.46 bits per heavy atom. The van der Waals surface area contributed by atoms with Crippen LogP contribution in [0.5, 0.6) is 0 Å². The molecule has 4 heteroatoms. The van der Waals surface area contributed by atoms with Crippen molar-refractivity contribution in [1.29, 1.82) is 0 Å². The molecule has 0 N–H and O–H groups in total. The van der Waals surface area contributed by atoms with Gasteiger partial charge in [0.15, 0.2) is 6.26 Å². The summed E-state index contributed by atoms with van der Waals surface area (Å²) in [6, 6.07) is 3.56. The second kappa shape index (κ2) is 2.97. The summed E-state index contributed by atoms with van der Waals surface area (Å²) in [7, 11) is 0. The Kier molecular flexibility index (Phi) is 1.81. The maximum absolute atomic E-state index is 13.1. The molecule has 0 aliphatic rings. The van der Waals surface area contributed by atoms with E-state index in [0.29, 0.717) is 0 Å². The van der Waals surface area contributed by atoms with E-state index in [1.165, 1.54) is 12.3 Å². The predicted molar refractivity (Wildman–Crippen MR) is 40.7 cm³/mol. The first-order valence-electron chi connectivity index (χ1n) is 3.55. The van der Waals surface area contributed by atoms with Crippen molar-refractivity contribution in [3.63, 3.8) is 0 Å². The van der Waals surface area contributed by atoms with Crippen molar-refractivity contribution >= 4 is 0 Å². The third kappa shape index (κ3) is 1.30. The highest BCUT2D eigenvalue weighted by Crippen LogP contribution is 2.23. The van der Waals surface area contributed by atoms with Gasteiger partial charge in [-0.1, -0.05) is 6.07 Å².